The summed E-state index contributed by atoms with van der Waals surface area (Å²) >= 11 is 0. The van der Waals surface area contributed by atoms with Crippen LogP contribution in [0.5, 0.6) is 0 Å². The molecule has 4 aliphatic carbocycles. The van der Waals surface area contributed by atoms with E-state index in [0.29, 0.717) is 18.5 Å². The van der Waals surface area contributed by atoms with Gasteiger partial charge in [-0.2, -0.15) is 0 Å². The molecule has 1 unspecified atom stereocenters. The monoisotopic (exact) mass is 262 g/mol. The van der Waals surface area contributed by atoms with E-state index in [2.05, 4.69) is 4.90 Å². The van der Waals surface area contributed by atoms with Crippen LogP contribution in [0.3, 0.4) is 0 Å². The summed E-state index contributed by atoms with van der Waals surface area (Å²) in [6, 6.07) is 0.578. The molecular weight excluding hydrogens is 236 g/mol. The summed E-state index contributed by atoms with van der Waals surface area (Å²) in [5.41, 5.74) is 5.78. The van der Waals surface area contributed by atoms with Crippen molar-refractivity contribution in [3.05, 3.63) is 0 Å². The highest BCUT2D eigenvalue weighted by atomic mass is 16.2. The molecule has 1 saturated heterocycles. The highest BCUT2D eigenvalue weighted by Gasteiger charge is 2.51. The molecule has 0 aromatic carbocycles. The number of carbonyl (C=O) groups is 1. The molecule has 106 valence electrons. The highest BCUT2D eigenvalue weighted by Crippen LogP contribution is 2.55. The van der Waals surface area contributed by atoms with Crippen LogP contribution >= 0.6 is 0 Å². The summed E-state index contributed by atoms with van der Waals surface area (Å²) in [6.07, 6.45) is 9.25. The van der Waals surface area contributed by atoms with Crippen molar-refractivity contribution in [1.29, 1.82) is 0 Å². The summed E-state index contributed by atoms with van der Waals surface area (Å²) in [5.74, 6) is 4.11. The minimum absolute atomic E-state index is 0.117. The number of piperidine rings is 1. The Labute approximate surface area is 115 Å². The minimum atomic E-state index is 0.117. The number of nitrogens with zero attached hydrogens (tertiary/aromatic N) is 1. The fraction of sp³-hybridized carbons (Fsp3) is 0.938. The number of rotatable bonds is 2. The lowest BCUT2D eigenvalue weighted by atomic mass is 9.53. The van der Waals surface area contributed by atoms with Crippen LogP contribution in [0, 0.1) is 29.6 Å². The number of hydrogen-bond donors (Lipinski definition) is 1. The molecule has 3 heteroatoms. The number of hydrogen-bond acceptors (Lipinski definition) is 2. The molecule has 1 atom stereocenters. The Bertz CT molecular complexity index is 353. The van der Waals surface area contributed by atoms with Gasteiger partial charge in [0.25, 0.3) is 0 Å². The van der Waals surface area contributed by atoms with Gasteiger partial charge >= 0.3 is 0 Å². The zero-order chi connectivity index (χ0) is 13.0. The first kappa shape index (κ1) is 12.2. The van der Waals surface area contributed by atoms with Crippen LogP contribution in [0.1, 0.15) is 44.9 Å². The largest absolute Gasteiger partial charge is 0.339 e. The van der Waals surface area contributed by atoms with Crippen molar-refractivity contribution in [3.8, 4) is 0 Å². The topological polar surface area (TPSA) is 46.3 Å². The van der Waals surface area contributed by atoms with E-state index in [-0.39, 0.29) is 5.92 Å². The van der Waals surface area contributed by atoms with Gasteiger partial charge in [-0.25, -0.2) is 0 Å². The molecule has 5 rings (SSSR count). The average molecular weight is 262 g/mol. The van der Waals surface area contributed by atoms with Crippen molar-refractivity contribution in [2.24, 2.45) is 35.3 Å². The van der Waals surface area contributed by atoms with Crippen molar-refractivity contribution in [2.75, 3.05) is 13.1 Å². The molecule has 0 spiro atoms. The molecule has 0 aromatic heterocycles. The quantitative estimate of drug-likeness (QED) is 0.827. The van der Waals surface area contributed by atoms with Crippen LogP contribution in [0.15, 0.2) is 0 Å². The lowest BCUT2D eigenvalue weighted by Crippen LogP contribution is -2.60. The molecule has 3 nitrogen and oxygen atoms in total. The average Bonchev–Trinajstić information content (AvgIpc) is 2.39. The minimum Gasteiger partial charge on any atom is -0.339 e. The van der Waals surface area contributed by atoms with Crippen LogP contribution in [0.2, 0.25) is 0 Å². The van der Waals surface area contributed by atoms with Crippen LogP contribution in [-0.4, -0.2) is 29.9 Å². The Balaban J connectivity index is 1.57. The number of amides is 1. The molecule has 4 bridgehead atoms. The van der Waals surface area contributed by atoms with Crippen LogP contribution < -0.4 is 5.73 Å². The van der Waals surface area contributed by atoms with Gasteiger partial charge in [-0.1, -0.05) is 0 Å². The van der Waals surface area contributed by atoms with E-state index in [0.717, 1.165) is 43.1 Å². The fourth-order valence-corrected chi connectivity index (χ4v) is 5.90. The Kier molecular flexibility index (Phi) is 2.87. The summed E-state index contributed by atoms with van der Waals surface area (Å²) in [4.78, 5) is 14.9. The van der Waals surface area contributed by atoms with E-state index in [1.165, 1.54) is 32.1 Å². The maximum Gasteiger partial charge on any atom is 0.227 e. The molecule has 4 saturated carbocycles. The zero-order valence-corrected chi connectivity index (χ0v) is 11.8. The Morgan fingerprint density at radius 2 is 1.68 bits per heavy atom. The third-order valence-corrected chi connectivity index (χ3v) is 6.41. The second-order valence-corrected chi connectivity index (χ2v) is 7.53. The van der Waals surface area contributed by atoms with Crippen molar-refractivity contribution in [3.63, 3.8) is 0 Å². The first-order valence-electron chi connectivity index (χ1n) is 8.26. The van der Waals surface area contributed by atoms with Crippen LogP contribution in [0.4, 0.5) is 0 Å². The van der Waals surface area contributed by atoms with Crippen LogP contribution in [0.25, 0.3) is 0 Å². The molecule has 5 aliphatic rings. The summed E-state index contributed by atoms with van der Waals surface area (Å²) in [6.45, 7) is 1.55. The SMILES string of the molecule is NCC1CCCN(C2C3CC4CC(C3)CC2C4)C1=O. The zero-order valence-electron chi connectivity index (χ0n) is 11.8. The Hall–Kier alpha value is -0.570. The van der Waals surface area contributed by atoms with Gasteiger partial charge in [0, 0.05) is 19.1 Å². The fourth-order valence-electron chi connectivity index (χ4n) is 5.90. The van der Waals surface area contributed by atoms with Gasteiger partial charge in [0.05, 0.1) is 5.92 Å². The number of carbonyl (C=O) groups excluding carboxylic acids is 1. The van der Waals surface area contributed by atoms with Gasteiger partial charge in [0.15, 0.2) is 0 Å². The second kappa shape index (κ2) is 4.47. The van der Waals surface area contributed by atoms with Gasteiger partial charge in [-0.05, 0) is 68.6 Å². The molecule has 1 heterocycles. The van der Waals surface area contributed by atoms with Gasteiger partial charge in [-0.3, -0.25) is 4.79 Å². The Morgan fingerprint density at radius 3 is 2.26 bits per heavy atom. The van der Waals surface area contributed by atoms with Crippen LogP contribution in [-0.2, 0) is 4.79 Å². The number of nitrogens with two attached hydrogens (primary N) is 1. The van der Waals surface area contributed by atoms with E-state index in [1.807, 2.05) is 0 Å². The van der Waals surface area contributed by atoms with E-state index in [4.69, 9.17) is 5.73 Å². The standard InChI is InChI=1S/C16H26N2O/c17-9-12-2-1-3-18(16(12)19)15-13-5-10-4-11(7-13)8-14(15)6-10/h10-15H,1-9,17H2. The van der Waals surface area contributed by atoms with Crippen molar-refractivity contribution in [1.82, 2.24) is 4.90 Å². The third-order valence-electron chi connectivity index (χ3n) is 6.41. The third kappa shape index (κ3) is 1.84. The predicted octanol–water partition coefficient (Wildman–Crippen LogP) is 2.01. The summed E-state index contributed by atoms with van der Waals surface area (Å²) < 4.78 is 0. The first-order chi connectivity index (χ1) is 9.26. The van der Waals surface area contributed by atoms with Gasteiger partial charge in [0.2, 0.25) is 5.91 Å². The van der Waals surface area contributed by atoms with Gasteiger partial charge in [0.1, 0.15) is 0 Å². The van der Waals surface area contributed by atoms with E-state index < -0.39 is 0 Å². The molecule has 2 N–H and O–H groups in total. The lowest BCUT2D eigenvalue weighted by molar-refractivity contribution is -0.151. The van der Waals surface area contributed by atoms with Crippen molar-refractivity contribution >= 4 is 5.91 Å². The lowest BCUT2D eigenvalue weighted by Gasteiger charge is -2.58. The summed E-state index contributed by atoms with van der Waals surface area (Å²) in [5, 5.41) is 0. The molecular formula is C16H26N2O. The maximum atomic E-state index is 12.6. The van der Waals surface area contributed by atoms with Crippen molar-refractivity contribution in [2.45, 2.75) is 51.0 Å². The molecule has 0 radical (unpaired) electrons. The van der Waals surface area contributed by atoms with Gasteiger partial charge in [-0.15, -0.1) is 0 Å². The first-order valence-corrected chi connectivity index (χ1v) is 8.26. The van der Waals surface area contributed by atoms with E-state index in [9.17, 15) is 4.79 Å². The summed E-state index contributed by atoms with van der Waals surface area (Å²) in [7, 11) is 0. The molecule has 1 amide bonds. The normalized spacial score (nSPS) is 48.9. The molecule has 19 heavy (non-hydrogen) atoms. The molecule has 0 aromatic rings. The Morgan fingerprint density at radius 1 is 1.05 bits per heavy atom. The number of likely N-dealkylation sites (tertiary alicyclic amines) is 1. The smallest absolute Gasteiger partial charge is 0.227 e. The van der Waals surface area contributed by atoms with E-state index >= 15 is 0 Å². The maximum absolute atomic E-state index is 12.6. The van der Waals surface area contributed by atoms with Gasteiger partial charge < -0.3 is 10.6 Å². The second-order valence-electron chi connectivity index (χ2n) is 7.53. The highest BCUT2D eigenvalue weighted by molar-refractivity contribution is 5.80. The molecule has 1 aliphatic heterocycles. The van der Waals surface area contributed by atoms with Crippen molar-refractivity contribution < 1.29 is 4.79 Å². The predicted molar refractivity (Wildman–Crippen MR) is 74.3 cm³/mol. The molecule has 5 fully saturated rings. The van der Waals surface area contributed by atoms with E-state index in [1.54, 1.807) is 0 Å².